The van der Waals surface area contributed by atoms with Gasteiger partial charge in [0.05, 0.1) is 18.8 Å². The van der Waals surface area contributed by atoms with Gasteiger partial charge in [0.15, 0.2) is 12.1 Å². The Morgan fingerprint density at radius 2 is 1.88 bits per heavy atom. The third-order valence-corrected chi connectivity index (χ3v) is 5.49. The van der Waals surface area contributed by atoms with Crippen LogP contribution in [0.4, 0.5) is 5.69 Å². The number of guanidine groups is 1. The van der Waals surface area contributed by atoms with Crippen LogP contribution in [-0.4, -0.2) is 24.6 Å². The number of fused-ring (bicyclic) bond motifs is 1. The first-order valence-electron chi connectivity index (χ1n) is 10.6. The number of halogens is 1. The monoisotopic (exact) mass is 464 g/mol. The van der Waals surface area contributed by atoms with E-state index in [4.69, 9.17) is 32.2 Å². The number of anilines is 1. The van der Waals surface area contributed by atoms with Gasteiger partial charge in [-0.25, -0.2) is 0 Å². The van der Waals surface area contributed by atoms with Crippen molar-refractivity contribution >= 4 is 29.2 Å². The molecule has 4 N–H and O–H groups in total. The van der Waals surface area contributed by atoms with Crippen molar-refractivity contribution in [1.82, 2.24) is 5.32 Å². The topological polar surface area (TPSA) is 101 Å². The molecule has 0 fully saturated rings. The lowest BCUT2D eigenvalue weighted by molar-refractivity contribution is -0.127. The lowest BCUT2D eigenvalue weighted by Crippen LogP contribution is -2.46. The van der Waals surface area contributed by atoms with Crippen LogP contribution >= 0.6 is 11.6 Å². The Kier molecular flexibility index (Phi) is 7.00. The Bertz CT molecular complexity index is 1140. The molecular weight excluding hydrogens is 440 g/mol. The first kappa shape index (κ1) is 22.5. The van der Waals surface area contributed by atoms with Crippen LogP contribution in [0.25, 0.3) is 0 Å². The predicted molar refractivity (Wildman–Crippen MR) is 129 cm³/mol. The van der Waals surface area contributed by atoms with E-state index in [0.717, 1.165) is 16.8 Å². The molecule has 7 nitrogen and oxygen atoms in total. The number of hydrogen-bond donors (Lipinski definition) is 3. The number of carbonyl (C=O) groups is 1. The zero-order valence-corrected chi connectivity index (χ0v) is 18.7. The van der Waals surface area contributed by atoms with Crippen LogP contribution in [0, 0.1) is 5.41 Å². The molecule has 1 aliphatic heterocycles. The molecule has 1 aliphatic rings. The average molecular weight is 465 g/mol. The lowest BCUT2D eigenvalue weighted by atomic mass is 10.1. The third kappa shape index (κ3) is 5.75. The Balaban J connectivity index is 1.40. The van der Waals surface area contributed by atoms with Crippen molar-refractivity contribution in [3.05, 3.63) is 88.9 Å². The molecule has 3 aromatic rings. The molecule has 170 valence electrons. The second kappa shape index (κ2) is 10.3. The number of ether oxygens (including phenoxy) is 2. The maximum absolute atomic E-state index is 13.3. The van der Waals surface area contributed by atoms with Crippen molar-refractivity contribution < 1.29 is 14.3 Å². The largest absolute Gasteiger partial charge is 0.493 e. The van der Waals surface area contributed by atoms with Crippen molar-refractivity contribution in [3.63, 3.8) is 0 Å². The molecule has 33 heavy (non-hydrogen) atoms. The number of benzene rings is 3. The summed E-state index contributed by atoms with van der Waals surface area (Å²) in [7, 11) is 0. The summed E-state index contributed by atoms with van der Waals surface area (Å²) in [5.74, 6) is 1.19. The van der Waals surface area contributed by atoms with Gasteiger partial charge in [-0.1, -0.05) is 48.0 Å². The van der Waals surface area contributed by atoms with Crippen molar-refractivity contribution in [2.45, 2.75) is 25.6 Å². The number of amides is 1. The fourth-order valence-electron chi connectivity index (χ4n) is 3.62. The van der Waals surface area contributed by atoms with Gasteiger partial charge in [-0.15, -0.1) is 0 Å². The van der Waals surface area contributed by atoms with E-state index >= 15 is 0 Å². The van der Waals surface area contributed by atoms with Gasteiger partial charge in [-0.3, -0.25) is 10.2 Å². The molecular formula is C25H25ClN4O3. The zero-order valence-electron chi connectivity index (χ0n) is 18.0. The number of hydrogen-bond acceptors (Lipinski definition) is 4. The van der Waals surface area contributed by atoms with E-state index in [1.54, 1.807) is 4.90 Å². The van der Waals surface area contributed by atoms with Crippen LogP contribution < -0.4 is 25.4 Å². The zero-order chi connectivity index (χ0) is 23.2. The van der Waals surface area contributed by atoms with E-state index in [0.29, 0.717) is 42.6 Å². The van der Waals surface area contributed by atoms with Crippen LogP contribution in [-0.2, 0) is 17.9 Å². The minimum absolute atomic E-state index is 0.0709. The summed E-state index contributed by atoms with van der Waals surface area (Å²) in [6, 6.07) is 22.5. The summed E-state index contributed by atoms with van der Waals surface area (Å²) < 4.78 is 11.8. The quantitative estimate of drug-likeness (QED) is 0.344. The van der Waals surface area contributed by atoms with Gasteiger partial charge >= 0.3 is 0 Å². The van der Waals surface area contributed by atoms with E-state index in [2.05, 4.69) is 5.32 Å². The highest BCUT2D eigenvalue weighted by molar-refractivity contribution is 6.30. The van der Waals surface area contributed by atoms with Gasteiger partial charge in [0.25, 0.3) is 5.91 Å². The molecule has 1 heterocycles. The van der Waals surface area contributed by atoms with Crippen LogP contribution in [0.3, 0.4) is 0 Å². The summed E-state index contributed by atoms with van der Waals surface area (Å²) in [6.07, 6.45) is -0.231. The molecule has 1 unspecified atom stereocenters. The fraction of sp³-hybridized carbons (Fsp3) is 0.200. The highest BCUT2D eigenvalue weighted by Gasteiger charge is 2.34. The van der Waals surface area contributed by atoms with Crippen molar-refractivity contribution in [2.75, 3.05) is 11.5 Å². The minimum atomic E-state index is -0.641. The van der Waals surface area contributed by atoms with Gasteiger partial charge in [-0.05, 0) is 47.5 Å². The van der Waals surface area contributed by atoms with Crippen molar-refractivity contribution in [3.8, 4) is 11.5 Å². The van der Waals surface area contributed by atoms with Crippen molar-refractivity contribution in [2.24, 2.45) is 5.73 Å². The van der Waals surface area contributed by atoms with Crippen molar-refractivity contribution in [1.29, 1.82) is 5.41 Å². The number of nitrogens with two attached hydrogens (primary N) is 1. The number of carbonyl (C=O) groups excluding carboxylic acids is 1. The average Bonchev–Trinajstić information content (AvgIpc) is 2.81. The first-order valence-corrected chi connectivity index (χ1v) is 11.0. The van der Waals surface area contributed by atoms with Gasteiger partial charge in [0.1, 0.15) is 11.5 Å². The summed E-state index contributed by atoms with van der Waals surface area (Å²) in [5, 5.41) is 10.6. The van der Waals surface area contributed by atoms with Crippen LogP contribution in [0.2, 0.25) is 5.02 Å². The smallest absolute Gasteiger partial charge is 0.268 e. The molecule has 0 aromatic heterocycles. The molecule has 0 radical (unpaired) electrons. The maximum atomic E-state index is 13.3. The van der Waals surface area contributed by atoms with E-state index in [9.17, 15) is 4.79 Å². The standard InChI is InChI=1S/C25H25ClN4O3/c26-19-5-3-4-18(14-19)16-30-21-6-1-2-7-22(21)33-23(24(30)31)12-13-32-20-10-8-17(9-11-20)15-29-25(27)28/h1-11,14,23H,12-13,15-16H2,(H4,27,28,29). The molecule has 1 amide bonds. The normalized spacial score (nSPS) is 14.9. The van der Waals surface area contributed by atoms with Crippen LogP contribution in [0.15, 0.2) is 72.8 Å². The van der Waals surface area contributed by atoms with Gasteiger partial charge in [0.2, 0.25) is 0 Å². The van der Waals surface area contributed by atoms with E-state index in [-0.39, 0.29) is 11.9 Å². The SMILES string of the molecule is N=C(N)NCc1ccc(OCCC2Oc3ccccc3N(Cc3cccc(Cl)c3)C2=O)cc1. The highest BCUT2D eigenvalue weighted by atomic mass is 35.5. The summed E-state index contributed by atoms with van der Waals surface area (Å²) in [6.45, 7) is 1.21. The summed E-state index contributed by atoms with van der Waals surface area (Å²) in [5.41, 5.74) is 7.98. The maximum Gasteiger partial charge on any atom is 0.268 e. The molecule has 0 aliphatic carbocycles. The fourth-order valence-corrected chi connectivity index (χ4v) is 3.84. The second-order valence-corrected chi connectivity index (χ2v) is 8.11. The molecule has 1 atom stereocenters. The summed E-state index contributed by atoms with van der Waals surface area (Å²) >= 11 is 6.13. The number of nitrogens with zero attached hydrogens (tertiary/aromatic N) is 1. The van der Waals surface area contributed by atoms with Gasteiger partial charge < -0.3 is 25.4 Å². The van der Waals surface area contributed by atoms with Crippen LogP contribution in [0.5, 0.6) is 11.5 Å². The molecule has 0 saturated carbocycles. The Labute approximate surface area is 197 Å². The Morgan fingerprint density at radius 3 is 2.64 bits per heavy atom. The number of para-hydroxylation sites is 2. The first-order chi connectivity index (χ1) is 16.0. The highest BCUT2D eigenvalue weighted by Crippen LogP contribution is 2.35. The molecule has 0 spiro atoms. The predicted octanol–water partition coefficient (Wildman–Crippen LogP) is 4.09. The molecule has 0 bridgehead atoms. The third-order valence-electron chi connectivity index (χ3n) is 5.25. The Hall–Kier alpha value is -3.71. The molecule has 3 aromatic carbocycles. The Morgan fingerprint density at radius 1 is 1.09 bits per heavy atom. The summed E-state index contributed by atoms with van der Waals surface area (Å²) in [4.78, 5) is 15.0. The van der Waals surface area contributed by atoms with Crippen LogP contribution in [0.1, 0.15) is 17.5 Å². The van der Waals surface area contributed by atoms with E-state index in [1.807, 2.05) is 72.8 Å². The second-order valence-electron chi connectivity index (χ2n) is 7.68. The van der Waals surface area contributed by atoms with E-state index in [1.165, 1.54) is 0 Å². The molecule has 8 heteroatoms. The molecule has 0 saturated heterocycles. The van der Waals surface area contributed by atoms with E-state index < -0.39 is 6.10 Å². The van der Waals surface area contributed by atoms with Gasteiger partial charge in [0, 0.05) is 18.0 Å². The molecule has 4 rings (SSSR count). The van der Waals surface area contributed by atoms with Gasteiger partial charge in [-0.2, -0.15) is 0 Å². The number of nitrogens with one attached hydrogen (secondary N) is 2. The minimum Gasteiger partial charge on any atom is -0.493 e. The lowest BCUT2D eigenvalue weighted by Gasteiger charge is -2.34. The number of rotatable bonds is 8.